The van der Waals surface area contributed by atoms with Gasteiger partial charge < -0.3 is 5.73 Å². The number of benzene rings is 2. The molecule has 4 heteroatoms. The molecule has 0 saturated heterocycles. The second-order valence-corrected chi connectivity index (χ2v) is 5.16. The number of rotatable bonds is 2. The number of H-pyrrole nitrogens is 1. The lowest BCUT2D eigenvalue weighted by Gasteiger charge is -2.08. The van der Waals surface area contributed by atoms with Crippen molar-refractivity contribution >= 4 is 5.82 Å². The number of hydrogen-bond donors (Lipinski definition) is 2. The van der Waals surface area contributed by atoms with E-state index < -0.39 is 0 Å². The van der Waals surface area contributed by atoms with Gasteiger partial charge in [0.05, 0.1) is 11.3 Å². The van der Waals surface area contributed by atoms with Crippen LogP contribution in [0.25, 0.3) is 22.4 Å². The van der Waals surface area contributed by atoms with Gasteiger partial charge in [-0.25, -0.2) is 4.39 Å². The van der Waals surface area contributed by atoms with E-state index in [1.54, 1.807) is 19.1 Å². The van der Waals surface area contributed by atoms with E-state index in [9.17, 15) is 4.39 Å². The Morgan fingerprint density at radius 3 is 2.62 bits per heavy atom. The van der Waals surface area contributed by atoms with Crippen molar-refractivity contribution in [2.24, 2.45) is 0 Å². The first-order valence-electron chi connectivity index (χ1n) is 6.74. The zero-order valence-corrected chi connectivity index (χ0v) is 11.9. The van der Waals surface area contributed by atoms with Gasteiger partial charge in [-0.05, 0) is 31.0 Å². The van der Waals surface area contributed by atoms with Crippen molar-refractivity contribution in [2.75, 3.05) is 5.73 Å². The van der Waals surface area contributed by atoms with Crippen LogP contribution in [0.15, 0.2) is 42.5 Å². The predicted molar refractivity (Wildman–Crippen MR) is 83.3 cm³/mol. The Balaban J connectivity index is 2.24. The lowest BCUT2D eigenvalue weighted by molar-refractivity contribution is 0.621. The first-order chi connectivity index (χ1) is 10.1. The van der Waals surface area contributed by atoms with Crippen molar-refractivity contribution in [2.45, 2.75) is 13.8 Å². The summed E-state index contributed by atoms with van der Waals surface area (Å²) in [6, 6.07) is 13.2. The van der Waals surface area contributed by atoms with E-state index in [4.69, 9.17) is 5.73 Å². The summed E-state index contributed by atoms with van der Waals surface area (Å²) in [6.45, 7) is 3.75. The summed E-state index contributed by atoms with van der Waals surface area (Å²) < 4.78 is 14.4. The number of anilines is 1. The van der Waals surface area contributed by atoms with Crippen LogP contribution in [0.3, 0.4) is 0 Å². The molecule has 0 aliphatic carbocycles. The molecule has 3 aromatic rings. The standard InChI is InChI=1S/C17H16FN3/c1-10-5-3-7-12(9-10)14-16(20-21-17(14)19)13-8-4-6-11(2)15(13)18/h3-9H,1-2H3,(H3,19,20,21). The van der Waals surface area contributed by atoms with E-state index >= 15 is 0 Å². The molecule has 1 aromatic heterocycles. The van der Waals surface area contributed by atoms with Crippen LogP contribution < -0.4 is 5.73 Å². The summed E-state index contributed by atoms with van der Waals surface area (Å²) in [5, 5.41) is 6.92. The molecule has 106 valence electrons. The van der Waals surface area contributed by atoms with E-state index in [-0.39, 0.29) is 5.82 Å². The topological polar surface area (TPSA) is 54.7 Å². The predicted octanol–water partition coefficient (Wildman–Crippen LogP) is 4.08. The van der Waals surface area contributed by atoms with Gasteiger partial charge in [-0.1, -0.05) is 42.0 Å². The Labute approximate surface area is 122 Å². The van der Waals surface area contributed by atoms with Gasteiger partial charge in [-0.15, -0.1) is 0 Å². The summed E-state index contributed by atoms with van der Waals surface area (Å²) in [6.07, 6.45) is 0. The van der Waals surface area contributed by atoms with Crippen LogP contribution in [-0.2, 0) is 0 Å². The number of nitrogens with two attached hydrogens (primary N) is 1. The Bertz CT molecular complexity index is 806. The minimum Gasteiger partial charge on any atom is -0.382 e. The second-order valence-electron chi connectivity index (χ2n) is 5.16. The van der Waals surface area contributed by atoms with Crippen molar-refractivity contribution in [3.05, 3.63) is 59.4 Å². The van der Waals surface area contributed by atoms with Crippen LogP contribution in [0.1, 0.15) is 11.1 Å². The molecule has 0 spiro atoms. The van der Waals surface area contributed by atoms with Crippen LogP contribution in [0.4, 0.5) is 10.2 Å². The molecular formula is C17H16FN3. The Morgan fingerprint density at radius 2 is 1.86 bits per heavy atom. The van der Waals surface area contributed by atoms with Gasteiger partial charge in [0.15, 0.2) is 5.82 Å². The van der Waals surface area contributed by atoms with Crippen molar-refractivity contribution in [1.82, 2.24) is 10.2 Å². The first-order valence-corrected chi connectivity index (χ1v) is 6.74. The van der Waals surface area contributed by atoms with E-state index in [0.717, 1.165) is 16.7 Å². The molecule has 21 heavy (non-hydrogen) atoms. The maximum Gasteiger partial charge on any atom is 0.153 e. The molecule has 0 bridgehead atoms. The van der Waals surface area contributed by atoms with E-state index in [2.05, 4.69) is 10.2 Å². The molecule has 0 radical (unpaired) electrons. The average molecular weight is 281 g/mol. The maximum absolute atomic E-state index is 14.4. The summed E-state index contributed by atoms with van der Waals surface area (Å²) in [7, 11) is 0. The van der Waals surface area contributed by atoms with Crippen LogP contribution in [0, 0.1) is 19.7 Å². The third-order valence-corrected chi connectivity index (χ3v) is 3.56. The summed E-state index contributed by atoms with van der Waals surface area (Å²) in [5.74, 6) is 0.117. The lowest BCUT2D eigenvalue weighted by Crippen LogP contribution is -1.92. The van der Waals surface area contributed by atoms with Gasteiger partial charge in [0.1, 0.15) is 5.82 Å². The van der Waals surface area contributed by atoms with E-state index in [1.807, 2.05) is 37.3 Å². The van der Waals surface area contributed by atoms with Crippen LogP contribution >= 0.6 is 0 Å². The van der Waals surface area contributed by atoms with Gasteiger partial charge in [0.25, 0.3) is 0 Å². The number of nitrogen functional groups attached to an aromatic ring is 1. The van der Waals surface area contributed by atoms with Crippen LogP contribution in [0.5, 0.6) is 0 Å². The van der Waals surface area contributed by atoms with Crippen molar-refractivity contribution in [1.29, 1.82) is 0 Å². The molecule has 3 nitrogen and oxygen atoms in total. The highest BCUT2D eigenvalue weighted by Gasteiger charge is 2.18. The number of aromatic nitrogens is 2. The quantitative estimate of drug-likeness (QED) is 0.743. The number of aromatic amines is 1. The van der Waals surface area contributed by atoms with Gasteiger partial charge in [0, 0.05) is 5.56 Å². The molecule has 3 N–H and O–H groups in total. The Morgan fingerprint density at radius 1 is 1.10 bits per heavy atom. The maximum atomic E-state index is 14.4. The van der Waals surface area contributed by atoms with E-state index in [1.165, 1.54) is 0 Å². The number of halogens is 1. The zero-order valence-electron chi connectivity index (χ0n) is 11.9. The zero-order chi connectivity index (χ0) is 15.0. The van der Waals surface area contributed by atoms with Crippen molar-refractivity contribution < 1.29 is 4.39 Å². The van der Waals surface area contributed by atoms with Crippen LogP contribution in [-0.4, -0.2) is 10.2 Å². The summed E-state index contributed by atoms with van der Waals surface area (Å²) in [4.78, 5) is 0. The molecule has 0 unspecified atom stereocenters. The minimum absolute atomic E-state index is 0.255. The third-order valence-electron chi connectivity index (χ3n) is 3.56. The highest BCUT2D eigenvalue weighted by atomic mass is 19.1. The summed E-state index contributed by atoms with van der Waals surface area (Å²) >= 11 is 0. The molecular weight excluding hydrogens is 265 g/mol. The van der Waals surface area contributed by atoms with Gasteiger partial charge in [-0.3, -0.25) is 5.10 Å². The molecule has 0 fully saturated rings. The number of nitrogens with zero attached hydrogens (tertiary/aromatic N) is 1. The van der Waals surface area contributed by atoms with Crippen molar-refractivity contribution in [3.8, 4) is 22.4 Å². The van der Waals surface area contributed by atoms with Gasteiger partial charge >= 0.3 is 0 Å². The highest BCUT2D eigenvalue weighted by Crippen LogP contribution is 2.36. The van der Waals surface area contributed by atoms with E-state index in [0.29, 0.717) is 22.6 Å². The average Bonchev–Trinajstić information content (AvgIpc) is 2.83. The first kappa shape index (κ1) is 13.4. The molecule has 0 aliphatic rings. The number of hydrogen-bond acceptors (Lipinski definition) is 2. The fraction of sp³-hybridized carbons (Fsp3) is 0.118. The number of nitrogens with one attached hydrogen (secondary N) is 1. The number of aryl methyl sites for hydroxylation is 2. The normalized spacial score (nSPS) is 10.8. The molecule has 1 heterocycles. The fourth-order valence-electron chi connectivity index (χ4n) is 2.48. The smallest absolute Gasteiger partial charge is 0.153 e. The molecule has 2 aromatic carbocycles. The molecule has 0 aliphatic heterocycles. The Kier molecular flexibility index (Phi) is 3.22. The molecule has 0 atom stereocenters. The summed E-state index contributed by atoms with van der Waals surface area (Å²) in [5.41, 5.74) is 10.5. The molecule has 0 saturated carbocycles. The lowest BCUT2D eigenvalue weighted by atomic mass is 9.98. The minimum atomic E-state index is -0.255. The monoisotopic (exact) mass is 281 g/mol. The van der Waals surface area contributed by atoms with Crippen LogP contribution in [0.2, 0.25) is 0 Å². The Hall–Kier alpha value is -2.62. The van der Waals surface area contributed by atoms with Gasteiger partial charge in [0.2, 0.25) is 0 Å². The fourth-order valence-corrected chi connectivity index (χ4v) is 2.48. The largest absolute Gasteiger partial charge is 0.382 e. The van der Waals surface area contributed by atoms with Gasteiger partial charge in [-0.2, -0.15) is 5.10 Å². The highest BCUT2D eigenvalue weighted by molar-refractivity contribution is 5.88. The molecule has 0 amide bonds. The second kappa shape index (κ2) is 5.05. The SMILES string of the molecule is Cc1cccc(-c2c(N)n[nH]c2-c2cccc(C)c2F)c1. The third kappa shape index (κ3) is 2.29. The van der Waals surface area contributed by atoms with Crippen molar-refractivity contribution in [3.63, 3.8) is 0 Å². The molecule has 3 rings (SSSR count).